The molecule has 6 nitrogen and oxygen atoms in total. The number of carbonyl (C=O) groups is 3. The third kappa shape index (κ3) is 8.28. The molecule has 0 bridgehead atoms. The van der Waals surface area contributed by atoms with Crippen LogP contribution in [0.4, 0.5) is 0 Å². The van der Waals surface area contributed by atoms with Gasteiger partial charge in [-0.3, -0.25) is 14.4 Å². The van der Waals surface area contributed by atoms with Gasteiger partial charge in [-0.05, 0) is 36.5 Å². The van der Waals surface area contributed by atoms with Gasteiger partial charge in [0, 0.05) is 24.4 Å². The van der Waals surface area contributed by atoms with Crippen LogP contribution in [0.3, 0.4) is 0 Å². The van der Waals surface area contributed by atoms with Gasteiger partial charge in [0.15, 0.2) is 0 Å². The molecule has 0 spiro atoms. The summed E-state index contributed by atoms with van der Waals surface area (Å²) in [5.74, 6) is -1.11. The van der Waals surface area contributed by atoms with Crippen LogP contribution in [0.25, 0.3) is 0 Å². The predicted octanol–water partition coefficient (Wildman–Crippen LogP) is 3.39. The van der Waals surface area contributed by atoms with E-state index in [9.17, 15) is 14.4 Å². The molecule has 1 heterocycles. The minimum atomic E-state index is -0.556. The highest BCUT2D eigenvalue weighted by molar-refractivity contribution is 6.30. The van der Waals surface area contributed by atoms with Crippen molar-refractivity contribution < 1.29 is 19.1 Å². The summed E-state index contributed by atoms with van der Waals surface area (Å²) in [7, 11) is 0. The van der Waals surface area contributed by atoms with Gasteiger partial charge in [-0.2, -0.15) is 0 Å². The summed E-state index contributed by atoms with van der Waals surface area (Å²) in [4.78, 5) is 36.9. The highest BCUT2D eigenvalue weighted by Crippen LogP contribution is 2.15. The minimum Gasteiger partial charge on any atom is -0.463 e. The van der Waals surface area contributed by atoms with E-state index in [2.05, 4.69) is 10.6 Å². The molecular formula is C22H29ClN2O4. The Morgan fingerprint density at radius 3 is 2.66 bits per heavy atom. The van der Waals surface area contributed by atoms with E-state index in [1.54, 1.807) is 12.1 Å². The third-order valence-corrected chi connectivity index (χ3v) is 5.10. The average Bonchev–Trinajstić information content (AvgIpc) is 2.68. The number of nitrogens with one attached hydrogen (secondary N) is 2. The van der Waals surface area contributed by atoms with Crippen LogP contribution in [0.1, 0.15) is 45.1 Å². The maximum absolute atomic E-state index is 12.6. The van der Waals surface area contributed by atoms with Gasteiger partial charge in [0.05, 0.1) is 12.0 Å². The Morgan fingerprint density at radius 1 is 1.24 bits per heavy atom. The molecule has 1 aromatic rings. The van der Waals surface area contributed by atoms with Crippen molar-refractivity contribution in [1.82, 2.24) is 10.6 Å². The zero-order chi connectivity index (χ0) is 21.2. The Bertz CT molecular complexity index is 731. The molecule has 1 aromatic carbocycles. The predicted molar refractivity (Wildman–Crippen MR) is 112 cm³/mol. The summed E-state index contributed by atoms with van der Waals surface area (Å²) in [6.45, 7) is 4.41. The average molecular weight is 421 g/mol. The highest BCUT2D eigenvalue weighted by Gasteiger charge is 2.25. The Labute approximate surface area is 177 Å². The molecule has 0 aliphatic carbocycles. The van der Waals surface area contributed by atoms with Crippen molar-refractivity contribution in [2.75, 3.05) is 6.61 Å². The number of hydrogen-bond donors (Lipinski definition) is 2. The second kappa shape index (κ2) is 11.6. The fourth-order valence-electron chi connectivity index (χ4n) is 2.92. The van der Waals surface area contributed by atoms with E-state index in [1.807, 2.05) is 38.1 Å². The monoisotopic (exact) mass is 420 g/mol. The second-order valence-electron chi connectivity index (χ2n) is 7.60. The summed E-state index contributed by atoms with van der Waals surface area (Å²) >= 11 is 5.86. The highest BCUT2D eigenvalue weighted by atomic mass is 35.5. The Morgan fingerprint density at radius 2 is 1.97 bits per heavy atom. The first-order valence-corrected chi connectivity index (χ1v) is 10.3. The van der Waals surface area contributed by atoms with Crippen molar-refractivity contribution in [3.05, 3.63) is 47.0 Å². The molecule has 0 saturated heterocycles. The van der Waals surface area contributed by atoms with Crippen LogP contribution in [0.2, 0.25) is 5.02 Å². The molecule has 1 aliphatic rings. The number of cyclic esters (lactones) is 1. The van der Waals surface area contributed by atoms with Crippen LogP contribution in [0.5, 0.6) is 0 Å². The van der Waals surface area contributed by atoms with Crippen LogP contribution in [0.15, 0.2) is 36.4 Å². The molecule has 2 atom stereocenters. The van der Waals surface area contributed by atoms with E-state index in [4.69, 9.17) is 16.3 Å². The van der Waals surface area contributed by atoms with Crippen molar-refractivity contribution >= 4 is 29.4 Å². The number of ether oxygens (including phenoxy) is 1. The van der Waals surface area contributed by atoms with E-state index in [-0.39, 0.29) is 36.8 Å². The van der Waals surface area contributed by atoms with Crippen LogP contribution < -0.4 is 10.6 Å². The topological polar surface area (TPSA) is 84.5 Å². The van der Waals surface area contributed by atoms with E-state index >= 15 is 0 Å². The molecule has 158 valence electrons. The van der Waals surface area contributed by atoms with Gasteiger partial charge < -0.3 is 15.4 Å². The zero-order valence-electron chi connectivity index (χ0n) is 16.9. The number of halogens is 1. The van der Waals surface area contributed by atoms with Crippen molar-refractivity contribution in [3.63, 3.8) is 0 Å². The van der Waals surface area contributed by atoms with E-state index in [0.29, 0.717) is 30.8 Å². The molecule has 29 heavy (non-hydrogen) atoms. The second-order valence-corrected chi connectivity index (χ2v) is 8.03. The standard InChI is InChI=1S/C22H29ClN2O4/c1-15(2)19-14-29-22(28)17(6-4-3-5-7-20(26)25-19)12-21(27)24-13-16-8-10-18(23)11-9-16/h3-4,8-11,15,17,19H,5-7,12-14H2,1-2H3,(H,24,27)(H,25,26)/b4-3+/t17-,19-/m0/s1. The lowest BCUT2D eigenvalue weighted by molar-refractivity contribution is -0.151. The van der Waals surface area contributed by atoms with Gasteiger partial charge in [0.2, 0.25) is 11.8 Å². The van der Waals surface area contributed by atoms with Gasteiger partial charge in [0.1, 0.15) is 6.61 Å². The number of hydrogen-bond acceptors (Lipinski definition) is 4. The molecule has 2 N–H and O–H groups in total. The first-order chi connectivity index (χ1) is 13.8. The number of esters is 1. The molecule has 0 unspecified atom stereocenters. The smallest absolute Gasteiger partial charge is 0.309 e. The number of amides is 2. The maximum Gasteiger partial charge on any atom is 0.309 e. The number of allylic oxidation sites excluding steroid dienone is 2. The Balaban J connectivity index is 1.95. The van der Waals surface area contributed by atoms with Crippen molar-refractivity contribution in [3.8, 4) is 0 Å². The summed E-state index contributed by atoms with van der Waals surface area (Å²) < 4.78 is 5.44. The lowest BCUT2D eigenvalue weighted by atomic mass is 9.99. The molecular weight excluding hydrogens is 392 g/mol. The summed E-state index contributed by atoms with van der Waals surface area (Å²) in [6.07, 6.45) is 5.16. The molecule has 1 aliphatic heterocycles. The molecule has 0 radical (unpaired) electrons. The van der Waals surface area contributed by atoms with Gasteiger partial charge in [0.25, 0.3) is 0 Å². The largest absolute Gasteiger partial charge is 0.463 e. The molecule has 7 heteroatoms. The Kier molecular flexibility index (Phi) is 9.19. The minimum absolute atomic E-state index is 0.0511. The SMILES string of the molecule is CC(C)[C@@H]1COC(=O)[C@H](CC(=O)NCc2ccc(Cl)cc2)C/C=C/CCC(=O)N1. The summed E-state index contributed by atoms with van der Waals surface area (Å²) in [6, 6.07) is 6.98. The quantitative estimate of drug-likeness (QED) is 0.564. The van der Waals surface area contributed by atoms with Crippen LogP contribution >= 0.6 is 11.6 Å². The lowest BCUT2D eigenvalue weighted by Crippen LogP contribution is -2.43. The van der Waals surface area contributed by atoms with Gasteiger partial charge in [-0.15, -0.1) is 0 Å². The molecule has 2 rings (SSSR count). The van der Waals surface area contributed by atoms with Gasteiger partial charge >= 0.3 is 5.97 Å². The van der Waals surface area contributed by atoms with Gasteiger partial charge in [-0.25, -0.2) is 0 Å². The lowest BCUT2D eigenvalue weighted by Gasteiger charge is -2.24. The van der Waals surface area contributed by atoms with Crippen LogP contribution in [0, 0.1) is 11.8 Å². The number of rotatable bonds is 5. The van der Waals surface area contributed by atoms with Crippen molar-refractivity contribution in [1.29, 1.82) is 0 Å². The zero-order valence-corrected chi connectivity index (χ0v) is 17.7. The third-order valence-electron chi connectivity index (χ3n) is 4.85. The summed E-state index contributed by atoms with van der Waals surface area (Å²) in [5, 5.41) is 6.39. The first kappa shape index (κ1) is 22.9. The van der Waals surface area contributed by atoms with Crippen molar-refractivity contribution in [2.24, 2.45) is 11.8 Å². The van der Waals surface area contributed by atoms with Crippen molar-refractivity contribution in [2.45, 2.75) is 52.1 Å². The Hall–Kier alpha value is -2.34. The normalized spacial score (nSPS) is 22.1. The van der Waals surface area contributed by atoms with E-state index in [1.165, 1.54) is 0 Å². The molecule has 2 amide bonds. The molecule has 0 fully saturated rings. The fourth-order valence-corrected chi connectivity index (χ4v) is 3.05. The molecule has 0 saturated carbocycles. The summed E-state index contributed by atoms with van der Waals surface area (Å²) in [5.41, 5.74) is 0.930. The molecule has 0 aromatic heterocycles. The van der Waals surface area contributed by atoms with E-state index in [0.717, 1.165) is 5.56 Å². The fraction of sp³-hybridized carbons (Fsp3) is 0.500. The van der Waals surface area contributed by atoms with Gasteiger partial charge in [-0.1, -0.05) is 49.7 Å². The first-order valence-electron chi connectivity index (χ1n) is 9.97. The maximum atomic E-state index is 12.6. The van der Waals surface area contributed by atoms with E-state index < -0.39 is 11.9 Å². The van der Waals surface area contributed by atoms with Crippen LogP contribution in [-0.2, 0) is 25.7 Å². The number of benzene rings is 1. The number of carbonyl (C=O) groups excluding carboxylic acids is 3. The van der Waals surface area contributed by atoms with Crippen LogP contribution in [-0.4, -0.2) is 30.4 Å².